The fourth-order valence-corrected chi connectivity index (χ4v) is 10.5. The highest BCUT2D eigenvalue weighted by Gasteiger charge is 2.64. The number of hydrogen-bond acceptors (Lipinski definition) is 5. The highest BCUT2D eigenvalue weighted by Crippen LogP contribution is 2.66. The lowest BCUT2D eigenvalue weighted by molar-refractivity contribution is -0.170. The predicted octanol–water partition coefficient (Wildman–Crippen LogP) is 8.60. The Bertz CT molecular complexity index is 1600. The number of carbonyl (C=O) groups is 2. The predicted molar refractivity (Wildman–Crippen MR) is 191 cm³/mol. The number of ether oxygens (including phenoxy) is 2. The normalized spacial score (nSPS) is 32.1. The van der Waals surface area contributed by atoms with Gasteiger partial charge in [-0.05, 0) is 85.1 Å². The first kappa shape index (κ1) is 33.7. The van der Waals surface area contributed by atoms with Crippen molar-refractivity contribution in [3.05, 3.63) is 131 Å². The quantitative estimate of drug-likeness (QED) is 0.134. The van der Waals surface area contributed by atoms with Gasteiger partial charge in [0.2, 0.25) is 0 Å². The van der Waals surface area contributed by atoms with Crippen molar-refractivity contribution in [3.63, 3.8) is 0 Å². The van der Waals surface area contributed by atoms with Crippen LogP contribution in [0.5, 0.6) is 0 Å². The van der Waals surface area contributed by atoms with Gasteiger partial charge in [-0.25, -0.2) is 0 Å². The number of hydrogen-bond donors (Lipinski definition) is 1. The lowest BCUT2D eigenvalue weighted by Gasteiger charge is -2.58. The Hall–Kier alpha value is -3.80. The van der Waals surface area contributed by atoms with E-state index < -0.39 is 11.7 Å². The van der Waals surface area contributed by atoms with Crippen LogP contribution < -0.4 is 0 Å². The topological polar surface area (TPSA) is 72.8 Å². The summed E-state index contributed by atoms with van der Waals surface area (Å²) in [7, 11) is 0. The maximum atomic E-state index is 13.4. The molecule has 4 aliphatic rings. The molecule has 0 spiro atoms. The molecule has 49 heavy (non-hydrogen) atoms. The summed E-state index contributed by atoms with van der Waals surface area (Å²) in [5, 5.41) is 11.7. The van der Waals surface area contributed by atoms with Crippen LogP contribution in [0.25, 0.3) is 0 Å². The molecule has 0 aliphatic heterocycles. The number of unbranched alkanes of at least 4 members (excludes halogenated alkanes) is 1. The highest BCUT2D eigenvalue weighted by molar-refractivity contribution is 6.01. The minimum Gasteiger partial charge on any atom is -0.461 e. The molecule has 3 fully saturated rings. The second-order valence-electron chi connectivity index (χ2n) is 15.5. The Morgan fingerprint density at radius 2 is 1.49 bits per heavy atom. The van der Waals surface area contributed by atoms with Crippen molar-refractivity contribution in [1.82, 2.24) is 0 Å². The van der Waals surface area contributed by atoms with Gasteiger partial charge >= 0.3 is 5.97 Å². The standard InChI is InChI=1S/C44H50O5/c1-30-27-37-36-23-22-34-28-35(45)24-25-42(34,2)40(36)38(46)29-43(37,3)41(30)49-39(47)21-13-14-26-48-44(31-15-7-4-8-16-31,32-17-9-5-10-18-32)33-19-11-6-12-20-33/h4-12,15-20,24-25,28,30,36-38,40-41,46H,13-14,21-23,26-27,29H2,1-3H3. The minimum atomic E-state index is -0.775. The lowest BCUT2D eigenvalue weighted by Crippen LogP contribution is -2.57. The number of aliphatic hydroxyl groups is 1. The van der Waals surface area contributed by atoms with Gasteiger partial charge in [0.05, 0.1) is 6.10 Å². The van der Waals surface area contributed by atoms with Crippen LogP contribution in [-0.2, 0) is 24.7 Å². The van der Waals surface area contributed by atoms with Crippen LogP contribution in [-0.4, -0.2) is 35.7 Å². The summed E-state index contributed by atoms with van der Waals surface area (Å²) in [5.74, 6) is 0.892. The van der Waals surface area contributed by atoms with Gasteiger partial charge in [0.15, 0.2) is 5.78 Å². The van der Waals surface area contributed by atoms with E-state index in [0.717, 1.165) is 47.9 Å². The van der Waals surface area contributed by atoms with E-state index in [1.165, 1.54) is 0 Å². The van der Waals surface area contributed by atoms with Crippen molar-refractivity contribution in [2.75, 3.05) is 6.61 Å². The molecule has 3 aromatic carbocycles. The fraction of sp³-hybridized carbons (Fsp3) is 0.455. The summed E-state index contributed by atoms with van der Waals surface area (Å²) in [6.45, 7) is 7.14. The first-order chi connectivity index (χ1) is 23.7. The van der Waals surface area contributed by atoms with E-state index >= 15 is 0 Å². The van der Waals surface area contributed by atoms with E-state index in [-0.39, 0.29) is 40.5 Å². The SMILES string of the molecule is CC1CC2C3CCC4=CC(=O)C=CC4(C)C3C(O)CC2(C)C1OC(=O)CCCCOC(c1ccccc1)(c1ccccc1)c1ccccc1. The number of carbonyl (C=O) groups excluding carboxylic acids is 2. The summed E-state index contributed by atoms with van der Waals surface area (Å²) in [6, 6.07) is 31.1. The van der Waals surface area contributed by atoms with Gasteiger partial charge in [0, 0.05) is 29.8 Å². The van der Waals surface area contributed by atoms with E-state index in [4.69, 9.17) is 9.47 Å². The Morgan fingerprint density at radius 3 is 2.08 bits per heavy atom. The molecule has 7 rings (SSSR count). The van der Waals surface area contributed by atoms with Crippen LogP contribution in [0.2, 0.25) is 0 Å². The number of allylic oxidation sites excluding steroid dienone is 4. The molecule has 5 nitrogen and oxygen atoms in total. The third kappa shape index (κ3) is 5.93. The van der Waals surface area contributed by atoms with Crippen LogP contribution >= 0.6 is 0 Å². The zero-order valence-corrected chi connectivity index (χ0v) is 29.1. The molecular formula is C44H50O5. The van der Waals surface area contributed by atoms with Gasteiger partial charge in [0.1, 0.15) is 11.7 Å². The molecular weight excluding hydrogens is 608 g/mol. The molecule has 4 aliphatic carbocycles. The van der Waals surface area contributed by atoms with Crippen LogP contribution in [0.4, 0.5) is 0 Å². The van der Waals surface area contributed by atoms with Gasteiger partial charge in [-0.15, -0.1) is 0 Å². The third-order valence-corrected chi connectivity index (χ3v) is 12.6. The molecule has 0 radical (unpaired) electrons. The average molecular weight is 659 g/mol. The largest absolute Gasteiger partial charge is 0.461 e. The Labute approximate surface area is 291 Å². The molecule has 0 aromatic heterocycles. The maximum absolute atomic E-state index is 13.4. The summed E-state index contributed by atoms with van der Waals surface area (Å²) in [4.78, 5) is 25.6. The first-order valence-corrected chi connectivity index (χ1v) is 18.3. The minimum absolute atomic E-state index is 0.0528. The molecule has 256 valence electrons. The molecule has 8 atom stereocenters. The van der Waals surface area contributed by atoms with E-state index in [2.05, 4.69) is 63.2 Å². The summed E-state index contributed by atoms with van der Waals surface area (Å²) < 4.78 is 13.3. The molecule has 0 amide bonds. The van der Waals surface area contributed by atoms with Crippen molar-refractivity contribution >= 4 is 11.8 Å². The molecule has 3 aromatic rings. The van der Waals surface area contributed by atoms with E-state index in [1.54, 1.807) is 12.2 Å². The summed E-state index contributed by atoms with van der Waals surface area (Å²) in [5.41, 5.74) is 3.01. The molecule has 5 heteroatoms. The van der Waals surface area contributed by atoms with E-state index in [9.17, 15) is 14.7 Å². The van der Waals surface area contributed by atoms with Crippen molar-refractivity contribution in [3.8, 4) is 0 Å². The van der Waals surface area contributed by atoms with Crippen molar-refractivity contribution in [1.29, 1.82) is 0 Å². The van der Waals surface area contributed by atoms with Crippen LogP contribution in [0.15, 0.2) is 115 Å². The molecule has 3 saturated carbocycles. The molecule has 0 saturated heterocycles. The second-order valence-corrected chi connectivity index (χ2v) is 15.5. The Morgan fingerprint density at radius 1 is 0.898 bits per heavy atom. The zero-order chi connectivity index (χ0) is 34.2. The summed E-state index contributed by atoms with van der Waals surface area (Å²) in [6.07, 6.45) is 9.98. The van der Waals surface area contributed by atoms with Gasteiger partial charge in [0.25, 0.3) is 0 Å². The van der Waals surface area contributed by atoms with Gasteiger partial charge in [-0.2, -0.15) is 0 Å². The maximum Gasteiger partial charge on any atom is 0.306 e. The Balaban J connectivity index is 1.01. The van der Waals surface area contributed by atoms with Crippen LogP contribution in [0.1, 0.15) is 82.4 Å². The van der Waals surface area contributed by atoms with Gasteiger partial charge < -0.3 is 14.6 Å². The van der Waals surface area contributed by atoms with Crippen LogP contribution in [0, 0.1) is 34.5 Å². The van der Waals surface area contributed by atoms with Crippen molar-refractivity contribution in [2.45, 2.75) is 83.5 Å². The number of esters is 1. The number of benzene rings is 3. The second kappa shape index (κ2) is 13.5. The zero-order valence-electron chi connectivity index (χ0n) is 29.1. The highest BCUT2D eigenvalue weighted by atomic mass is 16.5. The third-order valence-electron chi connectivity index (χ3n) is 12.6. The number of aliphatic hydroxyl groups excluding tert-OH is 1. The molecule has 1 N–H and O–H groups in total. The van der Waals surface area contributed by atoms with Gasteiger partial charge in [-0.1, -0.05) is 123 Å². The van der Waals surface area contributed by atoms with Crippen molar-refractivity contribution in [2.24, 2.45) is 34.5 Å². The Kier molecular flexibility index (Phi) is 9.27. The monoisotopic (exact) mass is 658 g/mol. The number of fused-ring (bicyclic) bond motifs is 5. The fourth-order valence-electron chi connectivity index (χ4n) is 10.5. The molecule has 8 unspecified atom stereocenters. The molecule has 0 bridgehead atoms. The van der Waals surface area contributed by atoms with Gasteiger partial charge in [-0.3, -0.25) is 9.59 Å². The van der Waals surface area contributed by atoms with Crippen LogP contribution in [0.3, 0.4) is 0 Å². The number of rotatable bonds is 10. The van der Waals surface area contributed by atoms with E-state index in [1.807, 2.05) is 54.6 Å². The molecule has 0 heterocycles. The first-order valence-electron chi connectivity index (χ1n) is 18.3. The van der Waals surface area contributed by atoms with E-state index in [0.29, 0.717) is 37.7 Å². The summed E-state index contributed by atoms with van der Waals surface area (Å²) >= 11 is 0. The lowest BCUT2D eigenvalue weighted by atomic mass is 9.47. The average Bonchev–Trinajstić information content (AvgIpc) is 3.36. The van der Waals surface area contributed by atoms with Crippen molar-refractivity contribution < 1.29 is 24.2 Å². The smallest absolute Gasteiger partial charge is 0.306 e. The number of ketones is 1.